The van der Waals surface area contributed by atoms with Gasteiger partial charge in [0.25, 0.3) is 5.91 Å². The Hall–Kier alpha value is -2.34. The standard InChI is InChI=1S/C20H17Cl2N3O2/c21-15-6-5-13(9-16(15)22)25-19(26)10-18(20(25)27)23-8-7-12-11-24-17-4-2-1-3-14(12)17/h1-6,9,11,18,23-24H,7-8,10H2/t18-/m1/s1. The molecule has 0 saturated carbocycles. The average Bonchev–Trinajstić information content (AvgIpc) is 3.19. The van der Waals surface area contributed by atoms with Crippen LogP contribution in [0.3, 0.4) is 0 Å². The zero-order valence-corrected chi connectivity index (χ0v) is 15.8. The lowest BCUT2D eigenvalue weighted by Gasteiger charge is -2.16. The van der Waals surface area contributed by atoms with E-state index in [0.717, 1.165) is 11.9 Å². The van der Waals surface area contributed by atoms with Crippen molar-refractivity contribution in [3.05, 3.63) is 64.3 Å². The van der Waals surface area contributed by atoms with Crippen molar-refractivity contribution in [1.29, 1.82) is 0 Å². The Morgan fingerprint density at radius 1 is 1.11 bits per heavy atom. The fourth-order valence-corrected chi connectivity index (χ4v) is 3.70. The van der Waals surface area contributed by atoms with Crippen LogP contribution in [0.4, 0.5) is 5.69 Å². The fraction of sp³-hybridized carbons (Fsp3) is 0.200. The Morgan fingerprint density at radius 3 is 2.74 bits per heavy atom. The molecule has 1 aromatic heterocycles. The van der Waals surface area contributed by atoms with Gasteiger partial charge in [0.15, 0.2) is 0 Å². The van der Waals surface area contributed by atoms with Gasteiger partial charge in [-0.1, -0.05) is 41.4 Å². The third-order valence-corrected chi connectivity index (χ3v) is 5.51. The van der Waals surface area contributed by atoms with Crippen LogP contribution in [0.2, 0.25) is 10.0 Å². The molecule has 1 aliphatic heterocycles. The predicted molar refractivity (Wildman–Crippen MR) is 107 cm³/mol. The summed E-state index contributed by atoms with van der Waals surface area (Å²) < 4.78 is 0. The molecule has 138 valence electrons. The van der Waals surface area contributed by atoms with E-state index in [4.69, 9.17) is 23.2 Å². The number of fused-ring (bicyclic) bond motifs is 1. The smallest absolute Gasteiger partial charge is 0.251 e. The highest BCUT2D eigenvalue weighted by atomic mass is 35.5. The lowest BCUT2D eigenvalue weighted by atomic mass is 10.1. The number of nitrogens with zero attached hydrogens (tertiary/aromatic N) is 1. The van der Waals surface area contributed by atoms with Gasteiger partial charge in [-0.25, -0.2) is 4.90 Å². The molecule has 0 radical (unpaired) electrons. The van der Waals surface area contributed by atoms with E-state index in [1.165, 1.54) is 21.9 Å². The Morgan fingerprint density at radius 2 is 1.93 bits per heavy atom. The van der Waals surface area contributed by atoms with Crippen LogP contribution in [-0.2, 0) is 16.0 Å². The van der Waals surface area contributed by atoms with Gasteiger partial charge in [0.05, 0.1) is 28.2 Å². The van der Waals surface area contributed by atoms with Crippen molar-refractivity contribution in [2.45, 2.75) is 18.9 Å². The maximum atomic E-state index is 12.7. The van der Waals surface area contributed by atoms with Gasteiger partial charge in [0, 0.05) is 23.6 Å². The van der Waals surface area contributed by atoms with Crippen LogP contribution in [0.25, 0.3) is 10.9 Å². The van der Waals surface area contributed by atoms with Gasteiger partial charge in [-0.3, -0.25) is 9.59 Å². The molecule has 0 spiro atoms. The number of nitrogens with one attached hydrogen (secondary N) is 2. The first kappa shape index (κ1) is 18.0. The van der Waals surface area contributed by atoms with Gasteiger partial charge in [0.1, 0.15) is 0 Å². The zero-order valence-electron chi connectivity index (χ0n) is 14.3. The molecule has 1 fully saturated rings. The molecule has 3 aromatic rings. The first-order chi connectivity index (χ1) is 13.0. The van der Waals surface area contributed by atoms with Crippen LogP contribution in [0.15, 0.2) is 48.7 Å². The van der Waals surface area contributed by atoms with Crippen molar-refractivity contribution in [1.82, 2.24) is 10.3 Å². The van der Waals surface area contributed by atoms with Crippen molar-refractivity contribution in [3.8, 4) is 0 Å². The number of halogens is 2. The number of H-pyrrole nitrogens is 1. The lowest BCUT2D eigenvalue weighted by molar-refractivity contribution is -0.121. The molecule has 2 amide bonds. The summed E-state index contributed by atoms with van der Waals surface area (Å²) >= 11 is 11.9. The quantitative estimate of drug-likeness (QED) is 0.636. The molecule has 0 aliphatic carbocycles. The molecular weight excluding hydrogens is 385 g/mol. The van der Waals surface area contributed by atoms with Crippen LogP contribution >= 0.6 is 23.2 Å². The maximum Gasteiger partial charge on any atom is 0.251 e. The lowest BCUT2D eigenvalue weighted by Crippen LogP contribution is -2.39. The molecule has 2 heterocycles. The molecule has 0 unspecified atom stereocenters. The molecule has 4 rings (SSSR count). The van der Waals surface area contributed by atoms with Crippen LogP contribution in [0.1, 0.15) is 12.0 Å². The minimum Gasteiger partial charge on any atom is -0.361 e. The highest BCUT2D eigenvalue weighted by Crippen LogP contribution is 2.30. The fourth-order valence-electron chi connectivity index (χ4n) is 3.41. The largest absolute Gasteiger partial charge is 0.361 e. The number of aromatic nitrogens is 1. The van der Waals surface area contributed by atoms with Crippen LogP contribution < -0.4 is 10.2 Å². The van der Waals surface area contributed by atoms with E-state index in [0.29, 0.717) is 22.3 Å². The second-order valence-corrected chi connectivity index (χ2v) is 7.30. The van der Waals surface area contributed by atoms with Gasteiger partial charge >= 0.3 is 0 Å². The highest BCUT2D eigenvalue weighted by molar-refractivity contribution is 6.42. The first-order valence-corrected chi connectivity index (χ1v) is 9.40. The average molecular weight is 402 g/mol. The number of hydrogen-bond acceptors (Lipinski definition) is 3. The van der Waals surface area contributed by atoms with Crippen molar-refractivity contribution >= 4 is 51.6 Å². The van der Waals surface area contributed by atoms with E-state index >= 15 is 0 Å². The normalized spacial score (nSPS) is 17.3. The Balaban J connectivity index is 1.42. The Labute approximate surface area is 166 Å². The summed E-state index contributed by atoms with van der Waals surface area (Å²) in [4.78, 5) is 29.4. The number of aromatic amines is 1. The number of hydrogen-bond donors (Lipinski definition) is 2. The van der Waals surface area contributed by atoms with E-state index < -0.39 is 6.04 Å². The van der Waals surface area contributed by atoms with Gasteiger partial charge in [-0.05, 0) is 36.2 Å². The molecule has 1 saturated heterocycles. The SMILES string of the molecule is O=C1C[C@@H](NCCc2c[nH]c3ccccc23)C(=O)N1c1ccc(Cl)c(Cl)c1. The number of carbonyl (C=O) groups excluding carboxylic acids is 2. The second kappa shape index (κ2) is 7.35. The van der Waals surface area contributed by atoms with Gasteiger partial charge in [-0.15, -0.1) is 0 Å². The predicted octanol–water partition coefficient (Wildman–Crippen LogP) is 3.94. The molecule has 27 heavy (non-hydrogen) atoms. The van der Waals surface area contributed by atoms with Crippen LogP contribution in [-0.4, -0.2) is 29.4 Å². The zero-order chi connectivity index (χ0) is 19.0. The molecule has 1 aliphatic rings. The molecule has 7 heteroatoms. The minimum atomic E-state index is -0.530. The summed E-state index contributed by atoms with van der Waals surface area (Å²) in [5.74, 6) is -0.514. The van der Waals surface area contributed by atoms with Crippen molar-refractivity contribution in [2.75, 3.05) is 11.4 Å². The highest BCUT2D eigenvalue weighted by Gasteiger charge is 2.39. The Bertz CT molecular complexity index is 1030. The number of rotatable bonds is 5. The van der Waals surface area contributed by atoms with Crippen molar-refractivity contribution in [2.24, 2.45) is 0 Å². The summed E-state index contributed by atoms with van der Waals surface area (Å²) in [6.45, 7) is 0.598. The van der Waals surface area contributed by atoms with E-state index in [9.17, 15) is 9.59 Å². The monoisotopic (exact) mass is 401 g/mol. The molecule has 5 nitrogen and oxygen atoms in total. The number of carbonyl (C=O) groups is 2. The van der Waals surface area contributed by atoms with Gasteiger partial charge in [-0.2, -0.15) is 0 Å². The number of para-hydroxylation sites is 1. The van der Waals surface area contributed by atoms with Crippen molar-refractivity contribution < 1.29 is 9.59 Å². The summed E-state index contributed by atoms with van der Waals surface area (Å²) in [6.07, 6.45) is 2.87. The Kier molecular flexibility index (Phi) is 4.91. The topological polar surface area (TPSA) is 65.2 Å². The number of anilines is 1. The first-order valence-electron chi connectivity index (χ1n) is 8.65. The third kappa shape index (κ3) is 3.46. The summed E-state index contributed by atoms with van der Waals surface area (Å²) in [5.41, 5.74) is 2.71. The number of imide groups is 1. The third-order valence-electron chi connectivity index (χ3n) is 4.77. The van der Waals surface area contributed by atoms with Crippen LogP contribution in [0, 0.1) is 0 Å². The summed E-state index contributed by atoms with van der Waals surface area (Å²) in [6, 6.07) is 12.3. The summed E-state index contributed by atoms with van der Waals surface area (Å²) in [7, 11) is 0. The minimum absolute atomic E-state index is 0.132. The number of benzene rings is 2. The van der Waals surface area contributed by atoms with E-state index in [1.807, 2.05) is 24.4 Å². The molecular formula is C20H17Cl2N3O2. The van der Waals surface area contributed by atoms with E-state index in [1.54, 1.807) is 12.1 Å². The molecule has 1 atom stereocenters. The van der Waals surface area contributed by atoms with Gasteiger partial charge in [0.2, 0.25) is 5.91 Å². The van der Waals surface area contributed by atoms with Crippen LogP contribution in [0.5, 0.6) is 0 Å². The second-order valence-electron chi connectivity index (χ2n) is 6.49. The van der Waals surface area contributed by atoms with E-state index in [-0.39, 0.29) is 18.2 Å². The molecule has 2 N–H and O–H groups in total. The van der Waals surface area contributed by atoms with E-state index in [2.05, 4.69) is 16.4 Å². The number of amides is 2. The molecule has 0 bridgehead atoms. The van der Waals surface area contributed by atoms with Gasteiger partial charge < -0.3 is 10.3 Å². The molecule has 2 aromatic carbocycles. The summed E-state index contributed by atoms with van der Waals surface area (Å²) in [5, 5.41) is 5.07. The van der Waals surface area contributed by atoms with Crippen molar-refractivity contribution in [3.63, 3.8) is 0 Å². The maximum absolute atomic E-state index is 12.7.